The van der Waals surface area contributed by atoms with Crippen LogP contribution in [0.1, 0.15) is 29.1 Å². The van der Waals surface area contributed by atoms with Gasteiger partial charge in [-0.25, -0.2) is 9.97 Å². The van der Waals surface area contributed by atoms with Gasteiger partial charge in [-0.15, -0.1) is 0 Å². The van der Waals surface area contributed by atoms with Gasteiger partial charge in [0.2, 0.25) is 5.82 Å². The lowest BCUT2D eigenvalue weighted by Gasteiger charge is -2.27. The molecule has 0 spiro atoms. The maximum Gasteiger partial charge on any atom is 0.451 e. The van der Waals surface area contributed by atoms with Crippen LogP contribution in [0.2, 0.25) is 0 Å². The number of rotatable bonds is 3. The molecule has 0 amide bonds. The minimum Gasteiger partial charge on any atom is -0.367 e. The van der Waals surface area contributed by atoms with Gasteiger partial charge in [-0.2, -0.15) is 13.2 Å². The average molecular weight is 335 g/mol. The first-order valence-electron chi connectivity index (χ1n) is 7.81. The van der Waals surface area contributed by atoms with E-state index in [-0.39, 0.29) is 5.60 Å². The predicted molar refractivity (Wildman–Crippen MR) is 80.3 cm³/mol. The number of nitrogens with zero attached hydrogens (tertiary/aromatic N) is 2. The third-order valence-corrected chi connectivity index (χ3v) is 4.65. The summed E-state index contributed by atoms with van der Waals surface area (Å²) in [7, 11) is 0. The minimum absolute atomic E-state index is 0.248. The van der Waals surface area contributed by atoms with Crippen LogP contribution in [-0.4, -0.2) is 29.2 Å². The number of morpholine rings is 1. The van der Waals surface area contributed by atoms with E-state index in [1.807, 2.05) is 24.3 Å². The molecule has 2 aromatic rings. The molecule has 126 valence electrons. The van der Waals surface area contributed by atoms with E-state index < -0.39 is 12.0 Å². The zero-order chi connectivity index (χ0) is 16.8. The van der Waals surface area contributed by atoms with Crippen molar-refractivity contribution in [3.8, 4) is 0 Å². The first-order chi connectivity index (χ1) is 11.4. The Morgan fingerprint density at radius 3 is 2.58 bits per heavy atom. The molecule has 7 heteroatoms. The summed E-state index contributed by atoms with van der Waals surface area (Å²) in [6.45, 7) is 1.53. The summed E-state index contributed by atoms with van der Waals surface area (Å²) in [5, 5.41) is 3.42. The highest BCUT2D eigenvalue weighted by Gasteiger charge is 2.47. The number of benzene rings is 1. The summed E-state index contributed by atoms with van der Waals surface area (Å²) in [6, 6.07) is 9.77. The van der Waals surface area contributed by atoms with Crippen molar-refractivity contribution < 1.29 is 17.9 Å². The van der Waals surface area contributed by atoms with E-state index in [1.165, 1.54) is 6.07 Å². The van der Waals surface area contributed by atoms with Gasteiger partial charge in [-0.05, 0) is 23.6 Å². The molecular weight excluding hydrogens is 319 g/mol. The molecular formula is C17H16F3N3O. The van der Waals surface area contributed by atoms with E-state index in [4.69, 9.17) is 4.74 Å². The van der Waals surface area contributed by atoms with E-state index in [0.717, 1.165) is 36.9 Å². The number of alkyl halides is 3. The molecule has 2 fully saturated rings. The van der Waals surface area contributed by atoms with Crippen molar-refractivity contribution in [3.05, 3.63) is 59.2 Å². The fraction of sp³-hybridized carbons (Fsp3) is 0.412. The van der Waals surface area contributed by atoms with Crippen molar-refractivity contribution in [2.45, 2.75) is 30.7 Å². The molecule has 2 bridgehead atoms. The maximum atomic E-state index is 12.7. The van der Waals surface area contributed by atoms with Crippen LogP contribution >= 0.6 is 0 Å². The van der Waals surface area contributed by atoms with Crippen molar-refractivity contribution in [1.29, 1.82) is 0 Å². The zero-order valence-electron chi connectivity index (χ0n) is 12.8. The normalized spacial score (nSPS) is 26.0. The van der Waals surface area contributed by atoms with Crippen LogP contribution in [0.15, 0.2) is 36.5 Å². The number of hydrogen-bond acceptors (Lipinski definition) is 4. The van der Waals surface area contributed by atoms with E-state index >= 15 is 0 Å². The number of fused-ring (bicyclic) bond motifs is 2. The highest BCUT2D eigenvalue weighted by Crippen LogP contribution is 2.40. The molecule has 0 saturated carbocycles. The van der Waals surface area contributed by atoms with Gasteiger partial charge >= 0.3 is 6.18 Å². The molecule has 2 aliphatic rings. The van der Waals surface area contributed by atoms with Gasteiger partial charge in [-0.1, -0.05) is 24.3 Å². The lowest BCUT2D eigenvalue weighted by Crippen LogP contribution is -2.37. The monoisotopic (exact) mass is 335 g/mol. The Balaban J connectivity index is 1.52. The first kappa shape index (κ1) is 15.5. The SMILES string of the molecule is FC(F)(F)c1nccc(Cc2ccc([C@]34CN[C@H](CO3)C4)cc2)n1. The molecule has 1 aromatic carbocycles. The Bertz CT molecular complexity index is 737. The number of aromatic nitrogens is 2. The summed E-state index contributed by atoms with van der Waals surface area (Å²) in [5.74, 6) is -1.10. The minimum atomic E-state index is -4.52. The highest BCUT2D eigenvalue weighted by molar-refractivity contribution is 5.32. The molecule has 0 radical (unpaired) electrons. The molecule has 0 unspecified atom stereocenters. The van der Waals surface area contributed by atoms with Crippen molar-refractivity contribution >= 4 is 0 Å². The van der Waals surface area contributed by atoms with E-state index in [1.54, 1.807) is 0 Å². The number of hydrogen-bond donors (Lipinski definition) is 1. The quantitative estimate of drug-likeness (QED) is 0.937. The highest BCUT2D eigenvalue weighted by atomic mass is 19.4. The van der Waals surface area contributed by atoms with E-state index in [9.17, 15) is 13.2 Å². The van der Waals surface area contributed by atoms with Gasteiger partial charge in [0.15, 0.2) is 0 Å². The van der Waals surface area contributed by atoms with Gasteiger partial charge in [0.25, 0.3) is 0 Å². The second-order valence-electron chi connectivity index (χ2n) is 6.33. The Labute approximate surface area is 137 Å². The fourth-order valence-electron chi connectivity index (χ4n) is 3.41. The second kappa shape index (κ2) is 5.53. The summed E-state index contributed by atoms with van der Waals surface area (Å²) in [4.78, 5) is 6.89. The van der Waals surface area contributed by atoms with Gasteiger partial charge < -0.3 is 10.1 Å². The molecule has 2 atom stereocenters. The summed E-state index contributed by atoms with van der Waals surface area (Å²) in [6.07, 6.45) is -2.08. The summed E-state index contributed by atoms with van der Waals surface area (Å²) >= 11 is 0. The van der Waals surface area contributed by atoms with Gasteiger partial charge in [0.1, 0.15) is 5.60 Å². The average Bonchev–Trinajstić information content (AvgIpc) is 3.17. The number of ether oxygens (including phenoxy) is 1. The van der Waals surface area contributed by atoms with E-state index in [2.05, 4.69) is 15.3 Å². The molecule has 3 heterocycles. The molecule has 2 saturated heterocycles. The smallest absolute Gasteiger partial charge is 0.367 e. The maximum absolute atomic E-state index is 12.7. The Morgan fingerprint density at radius 2 is 2.00 bits per heavy atom. The van der Waals surface area contributed by atoms with Crippen LogP contribution in [0.3, 0.4) is 0 Å². The largest absolute Gasteiger partial charge is 0.451 e. The molecule has 4 rings (SSSR count). The van der Waals surface area contributed by atoms with Gasteiger partial charge in [0.05, 0.1) is 6.61 Å². The van der Waals surface area contributed by atoms with Crippen LogP contribution in [0, 0.1) is 0 Å². The molecule has 4 nitrogen and oxygen atoms in total. The second-order valence-corrected chi connectivity index (χ2v) is 6.33. The zero-order valence-corrected chi connectivity index (χ0v) is 12.8. The topological polar surface area (TPSA) is 47.0 Å². The van der Waals surface area contributed by atoms with Crippen molar-refractivity contribution in [1.82, 2.24) is 15.3 Å². The number of nitrogens with one attached hydrogen (secondary N) is 1. The van der Waals surface area contributed by atoms with Crippen LogP contribution in [0.25, 0.3) is 0 Å². The van der Waals surface area contributed by atoms with E-state index in [0.29, 0.717) is 18.2 Å². The van der Waals surface area contributed by atoms with Crippen LogP contribution in [0.4, 0.5) is 13.2 Å². The lowest BCUT2D eigenvalue weighted by molar-refractivity contribution is -0.145. The summed E-state index contributed by atoms with van der Waals surface area (Å²) in [5.41, 5.74) is 2.12. The molecule has 2 aliphatic heterocycles. The van der Waals surface area contributed by atoms with Crippen LogP contribution in [-0.2, 0) is 22.9 Å². The Kier molecular flexibility index (Phi) is 3.58. The molecule has 1 N–H and O–H groups in total. The fourth-order valence-corrected chi connectivity index (χ4v) is 3.41. The lowest BCUT2D eigenvalue weighted by atomic mass is 9.91. The predicted octanol–water partition coefficient (Wildman–Crippen LogP) is 2.67. The standard InChI is InChI=1S/C17H16F3N3O/c18-17(19,20)15-21-6-5-13(23-15)7-11-1-3-12(4-2-11)16-8-14(9-24-16)22-10-16/h1-6,14,22H,7-10H2/t14-,16-/m0/s1. The number of halogens is 3. The van der Waals surface area contributed by atoms with Crippen molar-refractivity contribution in [2.75, 3.05) is 13.2 Å². The van der Waals surface area contributed by atoms with Crippen molar-refractivity contribution in [3.63, 3.8) is 0 Å². The Hall–Kier alpha value is -1.99. The summed E-state index contributed by atoms with van der Waals surface area (Å²) < 4.78 is 43.9. The Morgan fingerprint density at radius 1 is 1.21 bits per heavy atom. The van der Waals surface area contributed by atoms with Crippen LogP contribution < -0.4 is 5.32 Å². The van der Waals surface area contributed by atoms with Gasteiger partial charge in [-0.3, -0.25) is 0 Å². The van der Waals surface area contributed by atoms with Crippen molar-refractivity contribution in [2.24, 2.45) is 0 Å². The third kappa shape index (κ3) is 2.78. The van der Waals surface area contributed by atoms with Gasteiger partial charge in [0, 0.05) is 30.9 Å². The molecule has 0 aliphatic carbocycles. The van der Waals surface area contributed by atoms with Crippen LogP contribution in [0.5, 0.6) is 0 Å². The first-order valence-corrected chi connectivity index (χ1v) is 7.81. The molecule has 24 heavy (non-hydrogen) atoms. The third-order valence-electron chi connectivity index (χ3n) is 4.65. The molecule has 1 aromatic heterocycles.